The molecule has 0 unspecified atom stereocenters. The van der Waals surface area contributed by atoms with E-state index in [0.717, 1.165) is 63.0 Å². The first-order chi connectivity index (χ1) is 14.9. The van der Waals surface area contributed by atoms with Gasteiger partial charge in [0.1, 0.15) is 0 Å². The van der Waals surface area contributed by atoms with Crippen molar-refractivity contribution in [3.05, 3.63) is 34.9 Å². The molecule has 8 heteroatoms. The molecule has 0 saturated carbocycles. The monoisotopic (exact) mass is 445 g/mol. The second kappa shape index (κ2) is 9.76. The SMILES string of the molecule is CC(C)CN1C[C@H](Cc2ccc(Cl)cc2)N(C2CCN(c3n[nH]c(N)n3)CC2)C[C@@H]1C. The van der Waals surface area contributed by atoms with Crippen LogP contribution in [-0.2, 0) is 6.42 Å². The number of benzene rings is 1. The third-order valence-electron chi connectivity index (χ3n) is 6.70. The molecule has 170 valence electrons. The minimum absolute atomic E-state index is 0.384. The minimum Gasteiger partial charge on any atom is -0.368 e. The number of anilines is 2. The lowest BCUT2D eigenvalue weighted by atomic mass is 9.93. The van der Waals surface area contributed by atoms with Crippen molar-refractivity contribution in [2.75, 3.05) is 43.4 Å². The number of halogens is 1. The number of H-pyrrole nitrogens is 1. The molecule has 0 amide bonds. The summed E-state index contributed by atoms with van der Waals surface area (Å²) in [6.07, 6.45) is 3.32. The van der Waals surface area contributed by atoms with Crippen LogP contribution >= 0.6 is 11.6 Å². The van der Waals surface area contributed by atoms with Crippen LogP contribution in [-0.4, -0.2) is 75.8 Å². The third-order valence-corrected chi connectivity index (χ3v) is 6.96. The number of hydrogen-bond donors (Lipinski definition) is 2. The smallest absolute Gasteiger partial charge is 0.246 e. The maximum Gasteiger partial charge on any atom is 0.246 e. The molecule has 2 atom stereocenters. The van der Waals surface area contributed by atoms with Crippen LogP contribution in [0.3, 0.4) is 0 Å². The van der Waals surface area contributed by atoms with Gasteiger partial charge in [-0.2, -0.15) is 4.98 Å². The van der Waals surface area contributed by atoms with Gasteiger partial charge in [0.05, 0.1) is 0 Å². The van der Waals surface area contributed by atoms with Crippen molar-refractivity contribution in [2.45, 2.75) is 58.2 Å². The highest BCUT2D eigenvalue weighted by molar-refractivity contribution is 6.30. The summed E-state index contributed by atoms with van der Waals surface area (Å²) in [7, 11) is 0. The molecule has 1 aromatic carbocycles. The average Bonchev–Trinajstić information content (AvgIpc) is 3.18. The Morgan fingerprint density at radius 1 is 1.16 bits per heavy atom. The zero-order valence-electron chi connectivity index (χ0n) is 19.0. The van der Waals surface area contributed by atoms with E-state index in [0.29, 0.717) is 30.0 Å². The number of nitrogens with zero attached hydrogens (tertiary/aromatic N) is 5. The van der Waals surface area contributed by atoms with Crippen LogP contribution in [0.25, 0.3) is 0 Å². The Morgan fingerprint density at radius 2 is 1.87 bits per heavy atom. The van der Waals surface area contributed by atoms with Crippen molar-refractivity contribution in [1.82, 2.24) is 25.0 Å². The van der Waals surface area contributed by atoms with Crippen molar-refractivity contribution in [2.24, 2.45) is 5.92 Å². The molecule has 4 rings (SSSR count). The van der Waals surface area contributed by atoms with E-state index in [1.807, 2.05) is 12.1 Å². The van der Waals surface area contributed by atoms with Crippen molar-refractivity contribution in [3.8, 4) is 0 Å². The van der Waals surface area contributed by atoms with Gasteiger partial charge >= 0.3 is 0 Å². The number of hydrogen-bond acceptors (Lipinski definition) is 6. The molecule has 2 aromatic rings. The van der Waals surface area contributed by atoms with Gasteiger partial charge in [-0.05, 0) is 49.8 Å². The third kappa shape index (κ3) is 5.51. The predicted molar refractivity (Wildman–Crippen MR) is 128 cm³/mol. The van der Waals surface area contributed by atoms with Crippen LogP contribution in [0.4, 0.5) is 11.9 Å². The number of aromatic nitrogens is 3. The first-order valence-corrected chi connectivity index (χ1v) is 11.9. The Balaban J connectivity index is 1.46. The highest BCUT2D eigenvalue weighted by atomic mass is 35.5. The zero-order chi connectivity index (χ0) is 22.0. The number of nitrogens with two attached hydrogens (primary N) is 1. The lowest BCUT2D eigenvalue weighted by Crippen LogP contribution is -2.62. The van der Waals surface area contributed by atoms with Crippen molar-refractivity contribution in [1.29, 1.82) is 0 Å². The Morgan fingerprint density at radius 3 is 2.48 bits per heavy atom. The fourth-order valence-electron chi connectivity index (χ4n) is 5.17. The summed E-state index contributed by atoms with van der Waals surface area (Å²) < 4.78 is 0. The molecule has 3 N–H and O–H groups in total. The Hall–Kier alpha value is -1.83. The van der Waals surface area contributed by atoms with Crippen molar-refractivity contribution < 1.29 is 0 Å². The highest BCUT2D eigenvalue weighted by Gasteiger charge is 2.37. The first-order valence-electron chi connectivity index (χ1n) is 11.6. The quantitative estimate of drug-likeness (QED) is 0.710. The van der Waals surface area contributed by atoms with E-state index >= 15 is 0 Å². The predicted octanol–water partition coefficient (Wildman–Crippen LogP) is 3.28. The molecule has 0 spiro atoms. The van der Waals surface area contributed by atoms with E-state index in [-0.39, 0.29) is 0 Å². The zero-order valence-corrected chi connectivity index (χ0v) is 19.7. The molecule has 0 bridgehead atoms. The number of nitrogens with one attached hydrogen (secondary N) is 1. The number of piperazine rings is 1. The Labute approximate surface area is 190 Å². The van der Waals surface area contributed by atoms with Gasteiger partial charge < -0.3 is 10.6 Å². The number of nitrogen functional groups attached to an aromatic ring is 1. The summed E-state index contributed by atoms with van der Waals surface area (Å²) in [5.74, 6) is 1.79. The second-order valence-corrected chi connectivity index (χ2v) is 10.1. The van der Waals surface area contributed by atoms with E-state index < -0.39 is 0 Å². The molecular formula is C23H36ClN7. The minimum atomic E-state index is 0.384. The van der Waals surface area contributed by atoms with Crippen LogP contribution < -0.4 is 10.6 Å². The van der Waals surface area contributed by atoms with Gasteiger partial charge in [0.25, 0.3) is 0 Å². The lowest BCUT2D eigenvalue weighted by molar-refractivity contribution is -0.00366. The molecule has 0 aliphatic carbocycles. The molecule has 2 aliphatic rings. The number of rotatable bonds is 6. The molecule has 2 aliphatic heterocycles. The molecule has 1 aromatic heterocycles. The van der Waals surface area contributed by atoms with Gasteiger partial charge in [-0.25, -0.2) is 5.10 Å². The normalized spacial score (nSPS) is 24.2. The fourth-order valence-corrected chi connectivity index (χ4v) is 5.30. The van der Waals surface area contributed by atoms with Gasteiger partial charge in [0.2, 0.25) is 11.9 Å². The number of piperidine rings is 1. The van der Waals surface area contributed by atoms with Crippen molar-refractivity contribution >= 4 is 23.5 Å². The molecule has 2 fully saturated rings. The van der Waals surface area contributed by atoms with Crippen molar-refractivity contribution in [3.63, 3.8) is 0 Å². The fraction of sp³-hybridized carbons (Fsp3) is 0.652. The van der Waals surface area contributed by atoms with Crippen LogP contribution in [0.15, 0.2) is 24.3 Å². The first kappa shape index (κ1) is 22.4. The van der Waals surface area contributed by atoms with E-state index in [1.165, 1.54) is 5.56 Å². The molecule has 31 heavy (non-hydrogen) atoms. The van der Waals surface area contributed by atoms with Gasteiger partial charge in [0.15, 0.2) is 0 Å². The van der Waals surface area contributed by atoms with Crippen LogP contribution in [0.5, 0.6) is 0 Å². The van der Waals surface area contributed by atoms with E-state index in [9.17, 15) is 0 Å². The van der Waals surface area contributed by atoms with E-state index in [2.05, 4.69) is 62.8 Å². The molecule has 2 saturated heterocycles. The van der Waals surface area contributed by atoms with E-state index in [1.54, 1.807) is 0 Å². The van der Waals surface area contributed by atoms with Crippen LogP contribution in [0.2, 0.25) is 5.02 Å². The summed E-state index contributed by atoms with van der Waals surface area (Å²) in [5, 5.41) is 7.80. The second-order valence-electron chi connectivity index (χ2n) is 9.62. The molecule has 0 radical (unpaired) electrons. The largest absolute Gasteiger partial charge is 0.368 e. The summed E-state index contributed by atoms with van der Waals surface area (Å²) in [6.45, 7) is 12.4. The summed E-state index contributed by atoms with van der Waals surface area (Å²) in [5.41, 5.74) is 7.08. The van der Waals surface area contributed by atoms with Gasteiger partial charge in [-0.3, -0.25) is 9.80 Å². The maximum absolute atomic E-state index is 6.13. The molecule has 7 nitrogen and oxygen atoms in total. The number of aromatic amines is 1. The summed E-state index contributed by atoms with van der Waals surface area (Å²) in [6, 6.07) is 10.1. The van der Waals surface area contributed by atoms with Crippen LogP contribution in [0, 0.1) is 5.92 Å². The lowest BCUT2D eigenvalue weighted by Gasteiger charge is -2.50. The average molecular weight is 446 g/mol. The topological polar surface area (TPSA) is 77.3 Å². The van der Waals surface area contributed by atoms with E-state index in [4.69, 9.17) is 17.3 Å². The Kier molecular flexibility index (Phi) is 7.04. The molecule has 3 heterocycles. The van der Waals surface area contributed by atoms with Crippen LogP contribution in [0.1, 0.15) is 39.2 Å². The van der Waals surface area contributed by atoms with Gasteiger partial charge in [-0.1, -0.05) is 37.6 Å². The standard InChI is InChI=1S/C23H36ClN7/c1-16(2)13-30-15-21(12-18-4-6-19(24)7-5-18)31(14-17(30)3)20-8-10-29(11-9-20)23-26-22(25)27-28-23/h4-7,16-17,20-21H,8-15H2,1-3H3,(H3,25,26,27,28)/t17-,21-/m0/s1. The molecular weight excluding hydrogens is 410 g/mol. The highest BCUT2D eigenvalue weighted by Crippen LogP contribution is 2.28. The van der Waals surface area contributed by atoms with Gasteiger partial charge in [0, 0.05) is 55.9 Å². The summed E-state index contributed by atoms with van der Waals surface area (Å²) in [4.78, 5) is 12.0. The summed E-state index contributed by atoms with van der Waals surface area (Å²) >= 11 is 6.13. The Bertz CT molecular complexity index is 829. The maximum atomic E-state index is 6.13. The van der Waals surface area contributed by atoms with Gasteiger partial charge in [-0.15, -0.1) is 5.10 Å².